The molecule has 0 amide bonds. The number of aromatic hydroxyl groups is 1. The molecule has 16 heavy (non-hydrogen) atoms. The van der Waals surface area contributed by atoms with Crippen LogP contribution in [0, 0.1) is 0 Å². The van der Waals surface area contributed by atoms with Gasteiger partial charge in [-0.1, -0.05) is 0 Å². The molecule has 0 aliphatic carbocycles. The molecule has 1 N–H and O–H groups in total. The second-order valence-electron chi connectivity index (χ2n) is 2.74. The summed E-state index contributed by atoms with van der Waals surface area (Å²) >= 11 is 0. The quantitative estimate of drug-likeness (QED) is 0.812. The van der Waals surface area contributed by atoms with Gasteiger partial charge in [0.25, 0.3) is 6.43 Å². The van der Waals surface area contributed by atoms with E-state index in [1.807, 2.05) is 0 Å². The molecule has 0 spiro atoms. The first-order valence-electron chi connectivity index (χ1n) is 3.90. The van der Waals surface area contributed by atoms with Crippen molar-refractivity contribution in [3.63, 3.8) is 0 Å². The first-order chi connectivity index (χ1) is 7.29. The van der Waals surface area contributed by atoms with Crippen LogP contribution in [-0.2, 0) is 6.18 Å². The summed E-state index contributed by atoms with van der Waals surface area (Å²) in [6, 6.07) is 0. The molecular formula is C8H6F5NO2. The maximum atomic E-state index is 12.3. The zero-order chi connectivity index (χ0) is 12.5. The number of hydrogen-bond donors (Lipinski definition) is 1. The lowest BCUT2D eigenvalue weighted by atomic mass is 10.2. The SMILES string of the molecule is COc1c(C(F)F)cnc(C(F)(F)F)c1O. The third-order valence-corrected chi connectivity index (χ3v) is 1.74. The van der Waals surface area contributed by atoms with Crippen LogP contribution in [0.5, 0.6) is 11.5 Å². The highest BCUT2D eigenvalue weighted by Crippen LogP contribution is 2.43. The van der Waals surface area contributed by atoms with E-state index in [-0.39, 0.29) is 0 Å². The third kappa shape index (κ3) is 2.15. The number of aromatic nitrogens is 1. The first kappa shape index (κ1) is 12.5. The van der Waals surface area contributed by atoms with Gasteiger partial charge in [0, 0.05) is 6.20 Å². The molecule has 0 unspecified atom stereocenters. The Morgan fingerprint density at radius 2 is 1.94 bits per heavy atom. The average molecular weight is 243 g/mol. The van der Waals surface area contributed by atoms with Crippen LogP contribution < -0.4 is 4.74 Å². The molecule has 90 valence electrons. The van der Waals surface area contributed by atoms with Crippen LogP contribution in [0.25, 0.3) is 0 Å². The van der Waals surface area contributed by atoms with Crippen molar-refractivity contribution in [1.82, 2.24) is 4.98 Å². The van der Waals surface area contributed by atoms with Gasteiger partial charge < -0.3 is 9.84 Å². The molecule has 0 aliphatic rings. The highest BCUT2D eigenvalue weighted by Gasteiger charge is 2.38. The van der Waals surface area contributed by atoms with Crippen molar-refractivity contribution in [2.75, 3.05) is 7.11 Å². The number of nitrogens with zero attached hydrogens (tertiary/aromatic N) is 1. The van der Waals surface area contributed by atoms with E-state index in [0.29, 0.717) is 6.20 Å². The number of halogens is 5. The number of pyridine rings is 1. The fraction of sp³-hybridized carbons (Fsp3) is 0.375. The topological polar surface area (TPSA) is 42.4 Å². The summed E-state index contributed by atoms with van der Waals surface area (Å²) in [6.07, 6.45) is -7.69. The van der Waals surface area contributed by atoms with E-state index in [4.69, 9.17) is 5.11 Å². The van der Waals surface area contributed by atoms with Crippen molar-refractivity contribution in [3.8, 4) is 11.5 Å². The minimum Gasteiger partial charge on any atom is -0.503 e. The molecule has 0 bridgehead atoms. The highest BCUT2D eigenvalue weighted by molar-refractivity contribution is 5.48. The van der Waals surface area contributed by atoms with Gasteiger partial charge in [-0.05, 0) is 0 Å². The molecule has 0 atom stereocenters. The Hall–Kier alpha value is -1.60. The number of hydrogen-bond acceptors (Lipinski definition) is 3. The van der Waals surface area contributed by atoms with E-state index in [0.717, 1.165) is 7.11 Å². The van der Waals surface area contributed by atoms with Gasteiger partial charge in [-0.2, -0.15) is 13.2 Å². The van der Waals surface area contributed by atoms with Gasteiger partial charge in [0.15, 0.2) is 17.2 Å². The molecule has 1 aromatic heterocycles. The molecule has 0 aliphatic heterocycles. The standard InChI is InChI=1S/C8H6F5NO2/c1-16-5-3(7(9)10)2-14-6(4(5)15)8(11,12)13/h2,7,15H,1H3. The summed E-state index contributed by atoms with van der Waals surface area (Å²) < 4.78 is 65.6. The monoisotopic (exact) mass is 243 g/mol. The van der Waals surface area contributed by atoms with Gasteiger partial charge in [0.1, 0.15) is 0 Å². The van der Waals surface area contributed by atoms with E-state index in [1.54, 1.807) is 0 Å². The Bertz CT molecular complexity index is 391. The Morgan fingerprint density at radius 3 is 2.31 bits per heavy atom. The molecule has 3 nitrogen and oxygen atoms in total. The summed E-state index contributed by atoms with van der Waals surface area (Å²) in [4.78, 5) is 2.74. The van der Waals surface area contributed by atoms with Crippen LogP contribution in [0.3, 0.4) is 0 Å². The molecule has 0 saturated heterocycles. The van der Waals surface area contributed by atoms with Gasteiger partial charge in [0.05, 0.1) is 12.7 Å². The van der Waals surface area contributed by atoms with Crippen molar-refractivity contribution in [2.45, 2.75) is 12.6 Å². The number of rotatable bonds is 2. The summed E-state index contributed by atoms with van der Waals surface area (Å²) in [5.74, 6) is -2.36. The van der Waals surface area contributed by atoms with Gasteiger partial charge in [0.2, 0.25) is 0 Å². The summed E-state index contributed by atoms with van der Waals surface area (Å²) in [5.41, 5.74) is -2.55. The minimum absolute atomic E-state index is 0.325. The van der Waals surface area contributed by atoms with Gasteiger partial charge >= 0.3 is 6.18 Å². The molecule has 1 heterocycles. The summed E-state index contributed by atoms with van der Waals surface area (Å²) in [6.45, 7) is 0. The van der Waals surface area contributed by atoms with E-state index >= 15 is 0 Å². The molecule has 1 rings (SSSR count). The van der Waals surface area contributed by atoms with Crippen molar-refractivity contribution in [3.05, 3.63) is 17.5 Å². The van der Waals surface area contributed by atoms with Crippen LogP contribution in [-0.4, -0.2) is 17.2 Å². The molecule has 0 fully saturated rings. The second kappa shape index (κ2) is 4.11. The zero-order valence-corrected chi connectivity index (χ0v) is 7.85. The highest BCUT2D eigenvalue weighted by atomic mass is 19.4. The first-order valence-corrected chi connectivity index (χ1v) is 3.90. The lowest BCUT2D eigenvalue weighted by Crippen LogP contribution is -2.10. The summed E-state index contributed by atoms with van der Waals surface area (Å²) in [5, 5.41) is 9.11. The molecule has 0 aromatic carbocycles. The number of methoxy groups -OCH3 is 1. The fourth-order valence-electron chi connectivity index (χ4n) is 1.08. The van der Waals surface area contributed by atoms with Gasteiger partial charge in [-0.15, -0.1) is 0 Å². The van der Waals surface area contributed by atoms with E-state index in [2.05, 4.69) is 9.72 Å². The molecule has 0 saturated carbocycles. The van der Waals surface area contributed by atoms with Crippen LogP contribution in [0.1, 0.15) is 17.7 Å². The Kier molecular flexibility index (Phi) is 3.20. The van der Waals surface area contributed by atoms with Crippen LogP contribution in [0.4, 0.5) is 22.0 Å². The maximum Gasteiger partial charge on any atom is 0.437 e. The van der Waals surface area contributed by atoms with E-state index in [1.165, 1.54) is 0 Å². The van der Waals surface area contributed by atoms with E-state index < -0.39 is 35.4 Å². The smallest absolute Gasteiger partial charge is 0.437 e. The number of ether oxygens (including phenoxy) is 1. The second-order valence-corrected chi connectivity index (χ2v) is 2.74. The molecule has 8 heteroatoms. The zero-order valence-electron chi connectivity index (χ0n) is 7.85. The molecule has 0 radical (unpaired) electrons. The van der Waals surface area contributed by atoms with Crippen molar-refractivity contribution in [1.29, 1.82) is 0 Å². The van der Waals surface area contributed by atoms with E-state index in [9.17, 15) is 22.0 Å². The molecular weight excluding hydrogens is 237 g/mol. The maximum absolute atomic E-state index is 12.3. The predicted octanol–water partition coefficient (Wildman–Crippen LogP) is 2.75. The van der Waals surface area contributed by atoms with Crippen molar-refractivity contribution >= 4 is 0 Å². The van der Waals surface area contributed by atoms with Crippen LogP contribution in [0.2, 0.25) is 0 Å². The van der Waals surface area contributed by atoms with Crippen LogP contribution in [0.15, 0.2) is 6.20 Å². The molecule has 1 aromatic rings. The summed E-state index contributed by atoms with van der Waals surface area (Å²) in [7, 11) is 0.876. The van der Waals surface area contributed by atoms with Gasteiger partial charge in [-0.25, -0.2) is 13.8 Å². The largest absolute Gasteiger partial charge is 0.503 e. The predicted molar refractivity (Wildman–Crippen MR) is 42.4 cm³/mol. The number of alkyl halides is 5. The normalized spacial score (nSPS) is 11.9. The average Bonchev–Trinajstić information content (AvgIpc) is 2.14. The minimum atomic E-state index is -4.93. The Balaban J connectivity index is 3.41. The third-order valence-electron chi connectivity index (χ3n) is 1.74. The van der Waals surface area contributed by atoms with Gasteiger partial charge in [-0.3, -0.25) is 0 Å². The van der Waals surface area contributed by atoms with Crippen LogP contribution >= 0.6 is 0 Å². The fourth-order valence-corrected chi connectivity index (χ4v) is 1.08. The van der Waals surface area contributed by atoms with Crippen molar-refractivity contribution < 1.29 is 31.8 Å². The lowest BCUT2D eigenvalue weighted by molar-refractivity contribution is -0.142. The van der Waals surface area contributed by atoms with Crippen molar-refractivity contribution in [2.24, 2.45) is 0 Å². The lowest BCUT2D eigenvalue weighted by Gasteiger charge is -2.13. The Labute approximate surface area is 86.5 Å². The Morgan fingerprint density at radius 1 is 1.38 bits per heavy atom.